The second-order valence-corrected chi connectivity index (χ2v) is 10.1. The van der Waals surface area contributed by atoms with E-state index in [0.29, 0.717) is 23.8 Å². The van der Waals surface area contributed by atoms with E-state index in [0.717, 1.165) is 28.6 Å². The molecule has 0 N–H and O–H groups in total. The van der Waals surface area contributed by atoms with Crippen LogP contribution < -0.4 is 4.74 Å². The zero-order valence-corrected chi connectivity index (χ0v) is 17.8. The van der Waals surface area contributed by atoms with Gasteiger partial charge in [-0.3, -0.25) is 0 Å². The lowest BCUT2D eigenvalue weighted by Crippen LogP contribution is -2.30. The van der Waals surface area contributed by atoms with Crippen LogP contribution in [0.2, 0.25) is 0 Å². The molecule has 1 aliphatic heterocycles. The molecule has 2 aromatic carbocycles. The number of halogens is 1. The van der Waals surface area contributed by atoms with Crippen LogP contribution in [0.1, 0.15) is 30.7 Å². The highest BCUT2D eigenvalue weighted by molar-refractivity contribution is 9.10. The Kier molecular flexibility index (Phi) is 6.66. The highest BCUT2D eigenvalue weighted by Crippen LogP contribution is 2.41. The van der Waals surface area contributed by atoms with Gasteiger partial charge in [-0.2, -0.15) is 4.31 Å². The van der Waals surface area contributed by atoms with Crippen LogP contribution in [0, 0.1) is 0 Å². The van der Waals surface area contributed by atoms with Crippen molar-refractivity contribution in [1.82, 2.24) is 4.31 Å². The van der Waals surface area contributed by atoms with Crippen molar-refractivity contribution in [1.29, 1.82) is 0 Å². The first-order chi connectivity index (χ1) is 12.5. The molecule has 0 aromatic heterocycles. The number of benzene rings is 2. The van der Waals surface area contributed by atoms with Crippen molar-refractivity contribution in [2.45, 2.75) is 30.0 Å². The summed E-state index contributed by atoms with van der Waals surface area (Å²) in [4.78, 5) is 0.310. The third-order valence-corrected chi connectivity index (χ3v) is 8.00. The Labute approximate surface area is 168 Å². The number of ether oxygens (including phenoxy) is 1. The summed E-state index contributed by atoms with van der Waals surface area (Å²) in [6.45, 7) is 3.27. The van der Waals surface area contributed by atoms with E-state index in [9.17, 15) is 8.42 Å². The van der Waals surface area contributed by atoms with Crippen molar-refractivity contribution in [2.24, 2.45) is 0 Å². The fourth-order valence-corrected chi connectivity index (χ4v) is 6.27. The maximum absolute atomic E-state index is 13.1. The Morgan fingerprint density at radius 2 is 1.85 bits per heavy atom. The average molecular weight is 456 g/mol. The van der Waals surface area contributed by atoms with Gasteiger partial charge in [0.2, 0.25) is 10.0 Å². The van der Waals surface area contributed by atoms with Gasteiger partial charge in [0.05, 0.1) is 16.9 Å². The molecular weight excluding hydrogens is 434 g/mol. The second-order valence-electron chi connectivity index (χ2n) is 6.06. The van der Waals surface area contributed by atoms with E-state index in [-0.39, 0.29) is 5.37 Å². The van der Waals surface area contributed by atoms with Crippen LogP contribution >= 0.6 is 27.7 Å². The molecule has 0 radical (unpaired) electrons. The highest BCUT2D eigenvalue weighted by Gasteiger charge is 2.36. The summed E-state index contributed by atoms with van der Waals surface area (Å²) in [5, 5.41) is -0.186. The molecule has 0 bridgehead atoms. The summed E-state index contributed by atoms with van der Waals surface area (Å²) >= 11 is 5.08. The van der Waals surface area contributed by atoms with Gasteiger partial charge in [0.15, 0.2) is 0 Å². The molecule has 0 amide bonds. The smallest absolute Gasteiger partial charge is 0.244 e. The SMILES string of the molecule is CCCCOc1ccc(S(=O)(=O)N2CCS[C@H]2c2ccc(Br)cc2)cc1. The fraction of sp³-hybridized carbons (Fsp3) is 0.368. The van der Waals surface area contributed by atoms with Crippen molar-refractivity contribution in [3.05, 3.63) is 58.6 Å². The molecule has 3 rings (SSSR count). The van der Waals surface area contributed by atoms with Gasteiger partial charge < -0.3 is 4.74 Å². The standard InChI is InChI=1S/C19H22BrNO3S2/c1-2-3-13-24-17-8-10-18(11-9-17)26(22,23)21-12-14-25-19(21)15-4-6-16(20)7-5-15/h4-11,19H,2-3,12-14H2,1H3/t19-/m0/s1. The van der Waals surface area contributed by atoms with Crippen LogP contribution in [0.15, 0.2) is 57.9 Å². The average Bonchev–Trinajstić information content (AvgIpc) is 3.14. The van der Waals surface area contributed by atoms with Crippen molar-refractivity contribution < 1.29 is 13.2 Å². The van der Waals surface area contributed by atoms with Crippen molar-refractivity contribution in [2.75, 3.05) is 18.9 Å². The number of thioether (sulfide) groups is 1. The Hall–Kier alpha value is -1.02. The molecule has 0 spiro atoms. The van der Waals surface area contributed by atoms with E-state index in [1.54, 1.807) is 40.3 Å². The molecule has 26 heavy (non-hydrogen) atoms. The fourth-order valence-electron chi connectivity index (χ4n) is 2.77. The molecule has 7 heteroatoms. The zero-order chi connectivity index (χ0) is 18.6. The topological polar surface area (TPSA) is 46.6 Å². The predicted octanol–water partition coefficient (Wildman–Crippen LogP) is 5.06. The Bertz CT molecular complexity index is 823. The summed E-state index contributed by atoms with van der Waals surface area (Å²) in [5.74, 6) is 1.50. The zero-order valence-electron chi connectivity index (χ0n) is 14.6. The maximum Gasteiger partial charge on any atom is 0.244 e. The van der Waals surface area contributed by atoms with Crippen LogP contribution in [-0.4, -0.2) is 31.6 Å². The minimum absolute atomic E-state index is 0.186. The van der Waals surface area contributed by atoms with E-state index in [1.807, 2.05) is 24.3 Å². The molecule has 1 atom stereocenters. The van der Waals surface area contributed by atoms with Gasteiger partial charge >= 0.3 is 0 Å². The first-order valence-corrected chi connectivity index (χ1v) is 11.9. The third kappa shape index (κ3) is 4.44. The second kappa shape index (κ2) is 8.78. The molecule has 1 fully saturated rings. The minimum Gasteiger partial charge on any atom is -0.494 e. The quantitative estimate of drug-likeness (QED) is 0.547. The van der Waals surface area contributed by atoms with E-state index < -0.39 is 10.0 Å². The number of unbranched alkanes of at least 4 members (excludes halogenated alkanes) is 1. The van der Waals surface area contributed by atoms with E-state index in [1.165, 1.54) is 0 Å². The Morgan fingerprint density at radius 3 is 2.50 bits per heavy atom. The van der Waals surface area contributed by atoms with Gasteiger partial charge in [0, 0.05) is 16.8 Å². The largest absolute Gasteiger partial charge is 0.494 e. The molecule has 140 valence electrons. The number of rotatable bonds is 7. The lowest BCUT2D eigenvalue weighted by Gasteiger charge is -2.23. The van der Waals surface area contributed by atoms with Crippen molar-refractivity contribution >= 4 is 37.7 Å². The van der Waals surface area contributed by atoms with Crippen LogP contribution in [0.25, 0.3) is 0 Å². The first kappa shape index (κ1) is 19.7. The first-order valence-electron chi connectivity index (χ1n) is 8.64. The molecular formula is C19H22BrNO3S2. The van der Waals surface area contributed by atoms with Gasteiger partial charge in [0.1, 0.15) is 5.75 Å². The number of hydrogen-bond acceptors (Lipinski definition) is 4. The number of sulfonamides is 1. The molecule has 0 saturated carbocycles. The molecule has 0 aliphatic carbocycles. The molecule has 1 saturated heterocycles. The highest BCUT2D eigenvalue weighted by atomic mass is 79.9. The van der Waals surface area contributed by atoms with Gasteiger partial charge in [-0.1, -0.05) is 41.4 Å². The Morgan fingerprint density at radius 1 is 1.15 bits per heavy atom. The van der Waals surface area contributed by atoms with E-state index >= 15 is 0 Å². The summed E-state index contributed by atoms with van der Waals surface area (Å²) < 4.78 is 34.4. The molecule has 1 aliphatic rings. The lowest BCUT2D eigenvalue weighted by atomic mass is 10.2. The maximum atomic E-state index is 13.1. The van der Waals surface area contributed by atoms with Crippen molar-refractivity contribution in [3.63, 3.8) is 0 Å². The van der Waals surface area contributed by atoms with Crippen LogP contribution in [-0.2, 0) is 10.0 Å². The van der Waals surface area contributed by atoms with Gasteiger partial charge in [-0.05, 0) is 48.4 Å². The summed E-state index contributed by atoms with van der Waals surface area (Å²) in [6, 6.07) is 14.6. The van der Waals surface area contributed by atoms with Gasteiger partial charge in [0.25, 0.3) is 0 Å². The van der Waals surface area contributed by atoms with Crippen LogP contribution in [0.3, 0.4) is 0 Å². The molecule has 4 nitrogen and oxygen atoms in total. The molecule has 1 heterocycles. The molecule has 0 unspecified atom stereocenters. The van der Waals surface area contributed by atoms with Gasteiger partial charge in [-0.25, -0.2) is 8.42 Å². The lowest BCUT2D eigenvalue weighted by molar-refractivity contribution is 0.309. The minimum atomic E-state index is -3.54. The molecule has 2 aromatic rings. The van der Waals surface area contributed by atoms with Crippen molar-refractivity contribution in [3.8, 4) is 5.75 Å². The summed E-state index contributed by atoms with van der Waals surface area (Å²) in [6.07, 6.45) is 2.05. The third-order valence-electron chi connectivity index (χ3n) is 4.20. The summed E-state index contributed by atoms with van der Waals surface area (Å²) in [5.41, 5.74) is 0.999. The monoisotopic (exact) mass is 455 g/mol. The van der Waals surface area contributed by atoms with E-state index in [4.69, 9.17) is 4.74 Å². The Balaban J connectivity index is 1.79. The van der Waals surface area contributed by atoms with E-state index in [2.05, 4.69) is 22.9 Å². The number of nitrogens with zero attached hydrogens (tertiary/aromatic N) is 1. The summed E-state index contributed by atoms with van der Waals surface area (Å²) in [7, 11) is -3.54. The van der Waals surface area contributed by atoms with Crippen LogP contribution in [0.4, 0.5) is 0 Å². The number of hydrogen-bond donors (Lipinski definition) is 0. The predicted molar refractivity (Wildman–Crippen MR) is 110 cm³/mol. The van der Waals surface area contributed by atoms with Gasteiger partial charge in [-0.15, -0.1) is 11.8 Å². The normalized spacial score (nSPS) is 18.2. The van der Waals surface area contributed by atoms with Crippen LogP contribution in [0.5, 0.6) is 5.75 Å².